The van der Waals surface area contributed by atoms with Crippen molar-refractivity contribution >= 4 is 0 Å². The molecule has 1 atom stereocenters. The summed E-state index contributed by atoms with van der Waals surface area (Å²) in [5.41, 5.74) is 1.95. The van der Waals surface area contributed by atoms with Crippen molar-refractivity contribution in [2.24, 2.45) is 5.92 Å². The topological polar surface area (TPSA) is 27.7 Å². The lowest BCUT2D eigenvalue weighted by atomic mass is 9.89. The molecule has 3 nitrogen and oxygen atoms in total. The van der Waals surface area contributed by atoms with Crippen LogP contribution in [0.25, 0.3) is 0 Å². The van der Waals surface area contributed by atoms with Crippen molar-refractivity contribution in [3.8, 4) is 17.2 Å². The summed E-state index contributed by atoms with van der Waals surface area (Å²) in [6, 6.07) is 20.1. The summed E-state index contributed by atoms with van der Waals surface area (Å²) in [5.74, 6) is 1.43. The van der Waals surface area contributed by atoms with Gasteiger partial charge in [-0.15, -0.1) is 0 Å². The summed E-state index contributed by atoms with van der Waals surface area (Å²) >= 11 is 0. The lowest BCUT2D eigenvalue weighted by Crippen LogP contribution is -2.14. The van der Waals surface area contributed by atoms with Crippen LogP contribution in [0.2, 0.25) is 0 Å². The maximum atomic E-state index is 13.0. The fourth-order valence-electron chi connectivity index (χ4n) is 3.21. The van der Waals surface area contributed by atoms with E-state index in [9.17, 15) is 13.2 Å². The highest BCUT2D eigenvalue weighted by Gasteiger charge is 2.17. The second-order valence-corrected chi connectivity index (χ2v) is 7.52. The van der Waals surface area contributed by atoms with Crippen molar-refractivity contribution in [3.05, 3.63) is 89.7 Å². The van der Waals surface area contributed by atoms with Gasteiger partial charge in [0.2, 0.25) is 0 Å². The Morgan fingerprint density at radius 3 is 2.13 bits per heavy atom. The van der Waals surface area contributed by atoms with Gasteiger partial charge in [-0.05, 0) is 65.6 Å². The lowest BCUT2D eigenvalue weighted by Gasteiger charge is -2.22. The average Bonchev–Trinajstić information content (AvgIpc) is 2.73. The molecule has 0 aliphatic rings. The summed E-state index contributed by atoms with van der Waals surface area (Å²) < 4.78 is 53.8. The van der Waals surface area contributed by atoms with Crippen LogP contribution in [-0.2, 0) is 11.3 Å². The van der Waals surface area contributed by atoms with Crippen LogP contribution < -0.4 is 9.47 Å². The highest BCUT2D eigenvalue weighted by molar-refractivity contribution is 5.34. The first-order valence-corrected chi connectivity index (χ1v) is 10.1. The van der Waals surface area contributed by atoms with Gasteiger partial charge in [-0.1, -0.05) is 38.1 Å². The van der Waals surface area contributed by atoms with E-state index in [2.05, 4.69) is 18.6 Å². The molecule has 0 aliphatic carbocycles. The van der Waals surface area contributed by atoms with Crippen LogP contribution in [0.5, 0.6) is 17.2 Å². The fraction of sp³-hybridized carbons (Fsp3) is 0.280. The monoisotopic (exact) mass is 430 g/mol. The van der Waals surface area contributed by atoms with Gasteiger partial charge in [0, 0.05) is 5.92 Å². The Morgan fingerprint density at radius 2 is 1.48 bits per heavy atom. The van der Waals surface area contributed by atoms with Gasteiger partial charge < -0.3 is 14.2 Å². The Hall–Kier alpha value is -2.99. The van der Waals surface area contributed by atoms with Gasteiger partial charge in [0.05, 0.1) is 13.2 Å². The molecule has 164 valence electrons. The van der Waals surface area contributed by atoms with Crippen LogP contribution in [0.15, 0.2) is 72.8 Å². The van der Waals surface area contributed by atoms with Gasteiger partial charge in [0.1, 0.15) is 23.1 Å². The summed E-state index contributed by atoms with van der Waals surface area (Å²) in [6.07, 6.45) is 0. The summed E-state index contributed by atoms with van der Waals surface area (Å²) in [7, 11) is 0. The van der Waals surface area contributed by atoms with Crippen molar-refractivity contribution < 1.29 is 27.4 Å². The molecule has 3 aromatic rings. The molecule has 0 aromatic heterocycles. The molecule has 31 heavy (non-hydrogen) atoms. The molecular weight excluding hydrogens is 405 g/mol. The number of halogens is 3. The maximum absolute atomic E-state index is 13.0. The smallest absolute Gasteiger partial charge is 0.387 e. The van der Waals surface area contributed by atoms with E-state index in [1.165, 1.54) is 12.1 Å². The van der Waals surface area contributed by atoms with E-state index in [-0.39, 0.29) is 17.5 Å². The number of ether oxygens (including phenoxy) is 3. The Balaban J connectivity index is 1.57. The van der Waals surface area contributed by atoms with E-state index in [1.807, 2.05) is 24.3 Å². The first-order valence-electron chi connectivity index (χ1n) is 10.1. The molecule has 0 saturated heterocycles. The minimum atomic E-state index is -2.84. The van der Waals surface area contributed by atoms with Crippen molar-refractivity contribution in [1.82, 2.24) is 0 Å². The van der Waals surface area contributed by atoms with E-state index < -0.39 is 6.61 Å². The molecule has 0 fully saturated rings. The second-order valence-electron chi connectivity index (χ2n) is 7.52. The molecule has 0 aliphatic heterocycles. The lowest BCUT2D eigenvalue weighted by molar-refractivity contribution is -0.0498. The Kier molecular flexibility index (Phi) is 7.95. The van der Waals surface area contributed by atoms with Crippen LogP contribution in [0.4, 0.5) is 13.2 Å². The largest absolute Gasteiger partial charge is 0.457 e. The highest BCUT2D eigenvalue weighted by atomic mass is 19.3. The van der Waals surface area contributed by atoms with Gasteiger partial charge in [-0.2, -0.15) is 8.78 Å². The molecule has 0 bridgehead atoms. The van der Waals surface area contributed by atoms with Crippen molar-refractivity contribution in [2.45, 2.75) is 33.0 Å². The van der Waals surface area contributed by atoms with Crippen LogP contribution in [0, 0.1) is 11.7 Å². The van der Waals surface area contributed by atoms with Gasteiger partial charge in [0.15, 0.2) is 0 Å². The van der Waals surface area contributed by atoms with E-state index >= 15 is 0 Å². The number of alkyl halides is 2. The zero-order valence-corrected chi connectivity index (χ0v) is 17.4. The first-order chi connectivity index (χ1) is 14.9. The standard InChI is InChI=1S/C25H25F3O3/c1-17(2)24(19-6-10-22(11-7-19)31-25(27)28)16-29-15-18-4-3-5-23(14-18)30-21-12-8-20(26)9-13-21/h3-14,17,24-25H,15-16H2,1-2H3. The second kappa shape index (κ2) is 10.9. The molecule has 0 spiro atoms. The van der Waals surface area contributed by atoms with E-state index in [0.29, 0.717) is 30.6 Å². The Morgan fingerprint density at radius 1 is 0.806 bits per heavy atom. The summed E-state index contributed by atoms with van der Waals surface area (Å²) in [6.45, 7) is 2.23. The third-order valence-electron chi connectivity index (χ3n) is 4.85. The molecule has 0 radical (unpaired) electrons. The molecule has 3 rings (SSSR count). The van der Waals surface area contributed by atoms with Crippen LogP contribution in [-0.4, -0.2) is 13.2 Å². The molecule has 0 N–H and O–H groups in total. The van der Waals surface area contributed by atoms with Crippen LogP contribution in [0.1, 0.15) is 30.9 Å². The van der Waals surface area contributed by atoms with Crippen molar-refractivity contribution in [1.29, 1.82) is 0 Å². The van der Waals surface area contributed by atoms with Gasteiger partial charge in [-0.25, -0.2) is 4.39 Å². The van der Waals surface area contributed by atoms with E-state index in [0.717, 1.165) is 11.1 Å². The minimum absolute atomic E-state index is 0.110. The van der Waals surface area contributed by atoms with E-state index in [1.54, 1.807) is 36.4 Å². The van der Waals surface area contributed by atoms with Gasteiger partial charge in [0.25, 0.3) is 0 Å². The molecule has 3 aromatic carbocycles. The highest BCUT2D eigenvalue weighted by Crippen LogP contribution is 2.28. The molecule has 0 saturated carbocycles. The molecule has 0 amide bonds. The van der Waals surface area contributed by atoms with Gasteiger partial charge >= 0.3 is 6.61 Å². The molecule has 6 heteroatoms. The zero-order chi connectivity index (χ0) is 22.2. The fourth-order valence-corrected chi connectivity index (χ4v) is 3.21. The Bertz CT molecular complexity index is 941. The number of benzene rings is 3. The predicted molar refractivity (Wildman–Crippen MR) is 113 cm³/mol. The van der Waals surface area contributed by atoms with Crippen molar-refractivity contribution in [2.75, 3.05) is 6.61 Å². The van der Waals surface area contributed by atoms with Gasteiger partial charge in [-0.3, -0.25) is 0 Å². The SMILES string of the molecule is CC(C)C(COCc1cccc(Oc2ccc(F)cc2)c1)c1ccc(OC(F)F)cc1. The zero-order valence-electron chi connectivity index (χ0n) is 17.4. The summed E-state index contributed by atoms with van der Waals surface area (Å²) in [5, 5.41) is 0. The predicted octanol–water partition coefficient (Wildman–Crippen LogP) is 7.18. The molecular formula is C25H25F3O3. The van der Waals surface area contributed by atoms with Crippen LogP contribution in [0.3, 0.4) is 0 Å². The van der Waals surface area contributed by atoms with Crippen LogP contribution >= 0.6 is 0 Å². The first kappa shape index (κ1) is 22.7. The number of hydrogen-bond acceptors (Lipinski definition) is 3. The number of rotatable bonds is 10. The average molecular weight is 430 g/mol. The minimum Gasteiger partial charge on any atom is -0.457 e. The third kappa shape index (κ3) is 7.03. The Labute approximate surface area is 180 Å². The molecule has 0 heterocycles. The quantitative estimate of drug-likeness (QED) is 0.341. The van der Waals surface area contributed by atoms with Crippen molar-refractivity contribution in [3.63, 3.8) is 0 Å². The number of hydrogen-bond donors (Lipinski definition) is 0. The third-order valence-corrected chi connectivity index (χ3v) is 4.85. The normalized spacial score (nSPS) is 12.2. The maximum Gasteiger partial charge on any atom is 0.387 e. The van der Waals surface area contributed by atoms with E-state index in [4.69, 9.17) is 9.47 Å². The summed E-state index contributed by atoms with van der Waals surface area (Å²) in [4.78, 5) is 0. The molecule has 1 unspecified atom stereocenters.